The lowest BCUT2D eigenvalue weighted by Crippen LogP contribution is -2.08. The largest absolute Gasteiger partial charge is 0.397 e. The zero-order valence-electron chi connectivity index (χ0n) is 5.47. The van der Waals surface area contributed by atoms with Crippen LogP contribution in [0.25, 0.3) is 0 Å². The normalized spacial score (nSPS) is 24.6. The molecule has 10 heavy (non-hydrogen) atoms. The molecule has 0 amide bonds. The van der Waals surface area contributed by atoms with Crippen LogP contribution in [0.1, 0.15) is 6.42 Å². The van der Waals surface area contributed by atoms with Gasteiger partial charge in [-0.1, -0.05) is 12.0 Å². The van der Waals surface area contributed by atoms with Gasteiger partial charge in [-0.3, -0.25) is 0 Å². The number of nitrogens with two attached hydrogens (primary N) is 1. The standard InChI is InChI=1S/C8H8FN/c1-2-6-4-3-5-7(10)8(6)9/h1,3,5-6H,4,10H2. The van der Waals surface area contributed by atoms with Crippen molar-refractivity contribution in [3.63, 3.8) is 0 Å². The highest BCUT2D eigenvalue weighted by atomic mass is 19.1. The molecular weight excluding hydrogens is 129 g/mol. The maximum Gasteiger partial charge on any atom is 0.138 e. The molecule has 2 N–H and O–H groups in total. The Morgan fingerprint density at radius 1 is 1.80 bits per heavy atom. The Balaban J connectivity index is 2.90. The van der Waals surface area contributed by atoms with Gasteiger partial charge in [0.15, 0.2) is 0 Å². The van der Waals surface area contributed by atoms with E-state index in [-0.39, 0.29) is 11.5 Å². The minimum atomic E-state index is -0.440. The molecule has 1 nitrogen and oxygen atoms in total. The number of terminal acetylenes is 1. The molecule has 1 rings (SSSR count). The predicted molar refractivity (Wildman–Crippen MR) is 38.4 cm³/mol. The van der Waals surface area contributed by atoms with Crippen molar-refractivity contribution in [1.29, 1.82) is 0 Å². The van der Waals surface area contributed by atoms with Gasteiger partial charge in [0.1, 0.15) is 5.83 Å². The van der Waals surface area contributed by atoms with E-state index in [9.17, 15) is 4.39 Å². The molecule has 1 aliphatic rings. The highest BCUT2D eigenvalue weighted by molar-refractivity contribution is 5.29. The fourth-order valence-electron chi connectivity index (χ4n) is 0.857. The van der Waals surface area contributed by atoms with Crippen molar-refractivity contribution in [2.45, 2.75) is 6.42 Å². The van der Waals surface area contributed by atoms with Crippen molar-refractivity contribution in [1.82, 2.24) is 0 Å². The minimum Gasteiger partial charge on any atom is -0.397 e. The first kappa shape index (κ1) is 6.88. The van der Waals surface area contributed by atoms with Crippen LogP contribution < -0.4 is 5.73 Å². The van der Waals surface area contributed by atoms with E-state index in [1.807, 2.05) is 0 Å². The van der Waals surface area contributed by atoms with Crippen LogP contribution in [-0.2, 0) is 0 Å². The Morgan fingerprint density at radius 3 is 3.00 bits per heavy atom. The lowest BCUT2D eigenvalue weighted by molar-refractivity contribution is 0.522. The summed E-state index contributed by atoms with van der Waals surface area (Å²) in [5, 5.41) is 0. The van der Waals surface area contributed by atoms with Crippen LogP contribution in [-0.4, -0.2) is 0 Å². The van der Waals surface area contributed by atoms with Gasteiger partial charge < -0.3 is 5.73 Å². The van der Waals surface area contributed by atoms with Gasteiger partial charge in [0, 0.05) is 0 Å². The fraction of sp³-hybridized carbons (Fsp3) is 0.250. The number of hydrogen-bond acceptors (Lipinski definition) is 1. The molecule has 0 radical (unpaired) electrons. The minimum absolute atomic E-state index is 0.161. The van der Waals surface area contributed by atoms with E-state index >= 15 is 0 Å². The zero-order chi connectivity index (χ0) is 7.56. The second kappa shape index (κ2) is 2.57. The summed E-state index contributed by atoms with van der Waals surface area (Å²) >= 11 is 0. The molecule has 0 fully saturated rings. The number of allylic oxidation sites excluding steroid dienone is 3. The van der Waals surface area contributed by atoms with Gasteiger partial charge in [0.05, 0.1) is 11.6 Å². The molecule has 0 saturated carbocycles. The van der Waals surface area contributed by atoms with Crippen LogP contribution in [0.4, 0.5) is 4.39 Å². The van der Waals surface area contributed by atoms with Crippen LogP contribution in [0.3, 0.4) is 0 Å². The first-order valence-electron chi connectivity index (χ1n) is 3.03. The average molecular weight is 137 g/mol. The first-order valence-corrected chi connectivity index (χ1v) is 3.03. The highest BCUT2D eigenvalue weighted by Gasteiger charge is 2.15. The Bertz CT molecular complexity index is 232. The summed E-state index contributed by atoms with van der Waals surface area (Å²) in [6, 6.07) is 0. The zero-order valence-corrected chi connectivity index (χ0v) is 5.47. The van der Waals surface area contributed by atoms with Crippen molar-refractivity contribution in [3.05, 3.63) is 23.7 Å². The third-order valence-electron chi connectivity index (χ3n) is 1.45. The van der Waals surface area contributed by atoms with Crippen LogP contribution in [0.15, 0.2) is 23.7 Å². The van der Waals surface area contributed by atoms with Gasteiger partial charge >= 0.3 is 0 Å². The quantitative estimate of drug-likeness (QED) is 0.501. The third-order valence-corrected chi connectivity index (χ3v) is 1.45. The lowest BCUT2D eigenvalue weighted by atomic mass is 9.99. The summed E-state index contributed by atoms with van der Waals surface area (Å²) in [6.45, 7) is 0. The monoisotopic (exact) mass is 137 g/mol. The number of halogens is 1. The Kier molecular flexibility index (Phi) is 1.77. The van der Waals surface area contributed by atoms with E-state index in [1.165, 1.54) is 0 Å². The first-order chi connectivity index (χ1) is 4.75. The molecule has 0 aromatic rings. The fourth-order valence-corrected chi connectivity index (χ4v) is 0.857. The maximum atomic E-state index is 12.8. The molecule has 0 bridgehead atoms. The second-order valence-electron chi connectivity index (χ2n) is 2.16. The summed E-state index contributed by atoms with van der Waals surface area (Å²) < 4.78 is 12.8. The average Bonchev–Trinajstić information content (AvgIpc) is 1.95. The van der Waals surface area contributed by atoms with E-state index in [0.29, 0.717) is 6.42 Å². The molecule has 0 aromatic carbocycles. The number of hydrogen-bond donors (Lipinski definition) is 1. The van der Waals surface area contributed by atoms with Gasteiger partial charge in [-0.15, -0.1) is 6.42 Å². The molecule has 0 saturated heterocycles. The smallest absolute Gasteiger partial charge is 0.138 e. The molecule has 2 heteroatoms. The molecule has 0 aliphatic heterocycles. The van der Waals surface area contributed by atoms with Gasteiger partial charge in [-0.2, -0.15) is 0 Å². The van der Waals surface area contributed by atoms with E-state index in [1.54, 1.807) is 12.2 Å². The second-order valence-corrected chi connectivity index (χ2v) is 2.16. The van der Waals surface area contributed by atoms with Crippen LogP contribution >= 0.6 is 0 Å². The summed E-state index contributed by atoms with van der Waals surface area (Å²) in [5.74, 6) is 1.51. The summed E-state index contributed by atoms with van der Waals surface area (Å²) in [7, 11) is 0. The van der Waals surface area contributed by atoms with E-state index < -0.39 is 5.92 Å². The summed E-state index contributed by atoms with van der Waals surface area (Å²) in [5.41, 5.74) is 5.43. The van der Waals surface area contributed by atoms with E-state index in [2.05, 4.69) is 5.92 Å². The van der Waals surface area contributed by atoms with Gasteiger partial charge in [-0.05, 0) is 12.5 Å². The third kappa shape index (κ3) is 1.03. The van der Waals surface area contributed by atoms with Crippen LogP contribution in [0.2, 0.25) is 0 Å². The van der Waals surface area contributed by atoms with E-state index in [4.69, 9.17) is 12.2 Å². The van der Waals surface area contributed by atoms with E-state index in [0.717, 1.165) is 0 Å². The molecular formula is C8H8FN. The SMILES string of the molecule is C#CC1CC=CC(N)=C1F. The molecule has 0 aromatic heterocycles. The van der Waals surface area contributed by atoms with Gasteiger partial charge in [0.2, 0.25) is 0 Å². The van der Waals surface area contributed by atoms with Crippen molar-refractivity contribution < 1.29 is 4.39 Å². The van der Waals surface area contributed by atoms with Gasteiger partial charge in [-0.25, -0.2) is 4.39 Å². The molecule has 1 aliphatic carbocycles. The molecule has 1 unspecified atom stereocenters. The van der Waals surface area contributed by atoms with Crippen molar-refractivity contribution in [2.75, 3.05) is 0 Å². The Morgan fingerprint density at radius 2 is 2.50 bits per heavy atom. The molecule has 1 atom stereocenters. The maximum absolute atomic E-state index is 12.8. The van der Waals surface area contributed by atoms with Gasteiger partial charge in [0.25, 0.3) is 0 Å². The van der Waals surface area contributed by atoms with Crippen molar-refractivity contribution in [3.8, 4) is 12.3 Å². The summed E-state index contributed by atoms with van der Waals surface area (Å²) in [6.07, 6.45) is 8.93. The molecule has 0 spiro atoms. The van der Waals surface area contributed by atoms with Crippen molar-refractivity contribution in [2.24, 2.45) is 11.7 Å². The highest BCUT2D eigenvalue weighted by Crippen LogP contribution is 2.22. The van der Waals surface area contributed by atoms with Crippen molar-refractivity contribution >= 4 is 0 Å². The molecule has 0 heterocycles. The topological polar surface area (TPSA) is 26.0 Å². The van der Waals surface area contributed by atoms with Crippen LogP contribution in [0, 0.1) is 18.3 Å². The summed E-state index contributed by atoms with van der Waals surface area (Å²) in [4.78, 5) is 0. The Hall–Kier alpha value is -1.23. The predicted octanol–water partition coefficient (Wildman–Crippen LogP) is 1.34. The Labute approximate surface area is 59.4 Å². The van der Waals surface area contributed by atoms with Crippen LogP contribution in [0.5, 0.6) is 0 Å². The number of rotatable bonds is 0. The molecule has 52 valence electrons. The lowest BCUT2D eigenvalue weighted by Gasteiger charge is -2.10.